The zero-order chi connectivity index (χ0) is 20.5. The molecule has 28 heavy (non-hydrogen) atoms. The molecule has 158 valence electrons. The molecule has 0 saturated carbocycles. The Morgan fingerprint density at radius 1 is 0.964 bits per heavy atom. The number of benzene rings is 1. The Bertz CT molecular complexity index is 562. The van der Waals surface area contributed by atoms with Crippen LogP contribution in [0.2, 0.25) is 0 Å². The maximum Gasteiger partial charge on any atom is 0.125 e. The molecule has 5 heteroatoms. The maximum atomic E-state index is 6.04. The summed E-state index contributed by atoms with van der Waals surface area (Å²) in [5.74, 6) is 1.90. The largest absolute Gasteiger partial charge is 0.493 e. The Kier molecular flexibility index (Phi) is 13.7. The minimum atomic E-state index is 0.605. The van der Waals surface area contributed by atoms with Gasteiger partial charge < -0.3 is 19.6 Å². The van der Waals surface area contributed by atoms with E-state index < -0.39 is 0 Å². The van der Waals surface area contributed by atoms with Crippen molar-refractivity contribution in [3.8, 4) is 11.5 Å². The summed E-state index contributed by atoms with van der Waals surface area (Å²) >= 11 is 0. The highest BCUT2D eigenvalue weighted by atomic mass is 16.6. The lowest BCUT2D eigenvalue weighted by Gasteiger charge is -2.14. The van der Waals surface area contributed by atoms with Gasteiger partial charge in [-0.3, -0.25) is 0 Å². The van der Waals surface area contributed by atoms with Gasteiger partial charge in [-0.1, -0.05) is 43.0 Å². The molecule has 0 saturated heterocycles. The van der Waals surface area contributed by atoms with Gasteiger partial charge in [0, 0.05) is 6.54 Å². The Morgan fingerprint density at radius 2 is 1.64 bits per heavy atom. The average Bonchev–Trinajstić information content (AvgIpc) is 2.67. The Balaban J connectivity index is 2.10. The van der Waals surface area contributed by atoms with Gasteiger partial charge in [0.05, 0.1) is 12.8 Å². The number of ether oxygens (including phenoxy) is 2. The Hall–Kier alpha value is -2.01. The van der Waals surface area contributed by atoms with Gasteiger partial charge in [-0.2, -0.15) is 0 Å². The van der Waals surface area contributed by atoms with Crippen LogP contribution in [0.3, 0.4) is 0 Å². The molecule has 0 aliphatic heterocycles. The minimum Gasteiger partial charge on any atom is -0.493 e. The molecule has 0 spiro atoms. The second kappa shape index (κ2) is 16.0. The number of aryl methyl sites for hydroxylation is 2. The molecule has 0 unspecified atom stereocenters. The van der Waals surface area contributed by atoms with E-state index in [9.17, 15) is 0 Å². The first-order valence-corrected chi connectivity index (χ1v) is 10.4. The number of nitrogens with one attached hydrogen (secondary N) is 1. The molecule has 0 fully saturated rings. The van der Waals surface area contributed by atoms with Gasteiger partial charge in [-0.05, 0) is 63.4 Å². The van der Waals surface area contributed by atoms with Crippen LogP contribution in [0.25, 0.3) is 0 Å². The number of hydrogen-bond acceptors (Lipinski definition) is 5. The monoisotopic (exact) mass is 390 g/mol. The van der Waals surface area contributed by atoms with Crippen LogP contribution in [0.15, 0.2) is 29.4 Å². The predicted octanol–water partition coefficient (Wildman–Crippen LogP) is 5.20. The van der Waals surface area contributed by atoms with E-state index >= 15 is 0 Å². The lowest BCUT2D eigenvalue weighted by Crippen LogP contribution is -2.17. The summed E-state index contributed by atoms with van der Waals surface area (Å²) in [6.07, 6.45) is 13.1. The van der Waals surface area contributed by atoms with Crippen LogP contribution in [-0.2, 0) is 4.84 Å². The van der Waals surface area contributed by atoms with Gasteiger partial charge in [0.15, 0.2) is 0 Å². The van der Waals surface area contributed by atoms with Crippen molar-refractivity contribution in [2.75, 3.05) is 33.4 Å². The highest BCUT2D eigenvalue weighted by molar-refractivity contribution is 5.58. The van der Waals surface area contributed by atoms with E-state index in [1.54, 1.807) is 13.3 Å². The molecule has 0 atom stereocenters. The van der Waals surface area contributed by atoms with E-state index in [0.717, 1.165) is 48.7 Å². The first kappa shape index (κ1) is 24.0. The number of allylic oxidation sites excluding steroid dienone is 1. The molecule has 0 bridgehead atoms. The van der Waals surface area contributed by atoms with Gasteiger partial charge in [0.2, 0.25) is 0 Å². The standard InChI is InChI=1S/C23H38N2O3/c1-5-6-16-27-22-18-20(2)23(21(3)19-22)28-17-12-10-8-7-9-11-13-24-14-15-25-26-4/h5-6,15,18-19,24H,7-14,16-17H2,1-4H3/b6-5+,25-15?. The first-order valence-electron chi connectivity index (χ1n) is 10.4. The highest BCUT2D eigenvalue weighted by Crippen LogP contribution is 2.28. The second-order valence-corrected chi connectivity index (χ2v) is 6.91. The summed E-state index contributed by atoms with van der Waals surface area (Å²) in [5.41, 5.74) is 2.28. The van der Waals surface area contributed by atoms with Crippen LogP contribution in [0.1, 0.15) is 56.6 Å². The molecule has 0 aliphatic rings. The third-order valence-corrected chi connectivity index (χ3v) is 4.43. The molecule has 0 heterocycles. The molecule has 0 aliphatic carbocycles. The van der Waals surface area contributed by atoms with E-state index in [1.807, 2.05) is 19.1 Å². The molecular weight excluding hydrogens is 352 g/mol. The number of unbranched alkanes of at least 4 members (excludes halogenated alkanes) is 5. The van der Waals surface area contributed by atoms with E-state index in [0.29, 0.717) is 6.61 Å². The summed E-state index contributed by atoms with van der Waals surface area (Å²) in [4.78, 5) is 4.61. The van der Waals surface area contributed by atoms with Crippen molar-refractivity contribution >= 4 is 6.21 Å². The summed E-state index contributed by atoms with van der Waals surface area (Å²) < 4.78 is 11.8. The van der Waals surface area contributed by atoms with Crippen molar-refractivity contribution in [3.05, 3.63) is 35.4 Å². The van der Waals surface area contributed by atoms with E-state index in [2.05, 4.69) is 41.3 Å². The SMILES string of the molecule is C/C=C/COc1cc(C)c(OCCCCCCCCNCC=NOC)c(C)c1. The van der Waals surface area contributed by atoms with Crippen molar-refractivity contribution in [2.24, 2.45) is 5.16 Å². The third-order valence-electron chi connectivity index (χ3n) is 4.43. The molecule has 5 nitrogen and oxygen atoms in total. The quantitative estimate of drug-likeness (QED) is 0.182. The lowest BCUT2D eigenvalue weighted by atomic mass is 10.1. The number of hydrogen-bond donors (Lipinski definition) is 1. The third kappa shape index (κ3) is 11.0. The number of rotatable bonds is 16. The second-order valence-electron chi connectivity index (χ2n) is 6.91. The summed E-state index contributed by atoms with van der Waals surface area (Å²) in [6, 6.07) is 4.11. The van der Waals surface area contributed by atoms with Gasteiger partial charge in [-0.25, -0.2) is 0 Å². The summed E-state index contributed by atoms with van der Waals surface area (Å²) in [7, 11) is 1.56. The summed E-state index contributed by atoms with van der Waals surface area (Å²) in [6.45, 7) is 9.35. The normalized spacial score (nSPS) is 11.4. The van der Waals surface area contributed by atoms with E-state index in [4.69, 9.17) is 9.47 Å². The Labute approximate surface area is 171 Å². The maximum absolute atomic E-state index is 6.04. The van der Waals surface area contributed by atoms with Crippen LogP contribution in [-0.4, -0.2) is 39.6 Å². The average molecular weight is 391 g/mol. The zero-order valence-corrected chi connectivity index (χ0v) is 18.1. The van der Waals surface area contributed by atoms with Crippen LogP contribution < -0.4 is 14.8 Å². The molecule has 1 rings (SSSR count). The van der Waals surface area contributed by atoms with E-state index in [1.165, 1.54) is 32.1 Å². The fourth-order valence-electron chi connectivity index (χ4n) is 2.97. The van der Waals surface area contributed by atoms with Crippen LogP contribution >= 0.6 is 0 Å². The molecule has 1 aromatic carbocycles. The fourth-order valence-corrected chi connectivity index (χ4v) is 2.97. The highest BCUT2D eigenvalue weighted by Gasteiger charge is 2.07. The number of oxime groups is 1. The van der Waals surface area contributed by atoms with Crippen LogP contribution in [0.4, 0.5) is 0 Å². The predicted molar refractivity (Wildman–Crippen MR) is 118 cm³/mol. The van der Waals surface area contributed by atoms with Gasteiger partial charge in [0.1, 0.15) is 25.2 Å². The van der Waals surface area contributed by atoms with Gasteiger partial charge >= 0.3 is 0 Å². The molecule has 1 N–H and O–H groups in total. The van der Waals surface area contributed by atoms with Crippen molar-refractivity contribution in [2.45, 2.75) is 59.3 Å². The minimum absolute atomic E-state index is 0.605. The molecule has 0 aromatic heterocycles. The van der Waals surface area contributed by atoms with Crippen molar-refractivity contribution < 1.29 is 14.3 Å². The van der Waals surface area contributed by atoms with E-state index in [-0.39, 0.29) is 0 Å². The smallest absolute Gasteiger partial charge is 0.125 e. The first-order chi connectivity index (χ1) is 13.7. The van der Waals surface area contributed by atoms with Gasteiger partial charge in [-0.15, -0.1) is 0 Å². The van der Waals surface area contributed by atoms with Crippen molar-refractivity contribution in [3.63, 3.8) is 0 Å². The topological polar surface area (TPSA) is 52.1 Å². The molecule has 0 radical (unpaired) electrons. The fraction of sp³-hybridized carbons (Fsp3) is 0.609. The van der Waals surface area contributed by atoms with Crippen molar-refractivity contribution in [1.29, 1.82) is 0 Å². The zero-order valence-electron chi connectivity index (χ0n) is 18.1. The molecule has 0 amide bonds. The molecule has 1 aromatic rings. The van der Waals surface area contributed by atoms with Crippen molar-refractivity contribution in [1.82, 2.24) is 5.32 Å². The summed E-state index contributed by atoms with van der Waals surface area (Å²) in [5, 5.41) is 7.01. The lowest BCUT2D eigenvalue weighted by molar-refractivity contribution is 0.214. The van der Waals surface area contributed by atoms with Crippen LogP contribution in [0, 0.1) is 13.8 Å². The van der Waals surface area contributed by atoms with Crippen LogP contribution in [0.5, 0.6) is 11.5 Å². The van der Waals surface area contributed by atoms with Gasteiger partial charge in [0.25, 0.3) is 0 Å². The molecular formula is C23H38N2O3. The Morgan fingerprint density at radius 3 is 2.32 bits per heavy atom. The number of nitrogens with zero attached hydrogens (tertiary/aromatic N) is 1.